The van der Waals surface area contributed by atoms with Gasteiger partial charge < -0.3 is 4.98 Å². The second kappa shape index (κ2) is 5.87. The quantitative estimate of drug-likeness (QED) is 0.793. The van der Waals surface area contributed by atoms with Gasteiger partial charge in [0.15, 0.2) is 5.43 Å². The average molecular weight is 392 g/mol. The molecule has 0 spiro atoms. The lowest BCUT2D eigenvalue weighted by Gasteiger charge is -2.15. The number of H-pyrrole nitrogens is 1. The van der Waals surface area contributed by atoms with Gasteiger partial charge in [0.2, 0.25) is 0 Å². The predicted molar refractivity (Wildman–Crippen MR) is 102 cm³/mol. The lowest BCUT2D eigenvalue weighted by Crippen LogP contribution is -2.14. The summed E-state index contributed by atoms with van der Waals surface area (Å²) < 4.78 is 2.98. The Morgan fingerprint density at radius 1 is 1.33 bits per heavy atom. The van der Waals surface area contributed by atoms with Gasteiger partial charge in [0.05, 0.1) is 21.6 Å². The summed E-state index contributed by atoms with van der Waals surface area (Å²) in [5.41, 5.74) is 4.82. The van der Waals surface area contributed by atoms with Crippen molar-refractivity contribution in [3.8, 4) is 11.4 Å². The summed E-state index contributed by atoms with van der Waals surface area (Å²) >= 11 is 3.75. The topological polar surface area (TPSA) is 50.7 Å². The molecular formula is C19H26BrN3O. The van der Waals surface area contributed by atoms with Gasteiger partial charge in [0.25, 0.3) is 0 Å². The average Bonchev–Trinajstić information content (AvgIpc) is 3.18. The van der Waals surface area contributed by atoms with E-state index in [-0.39, 0.29) is 16.9 Å². The van der Waals surface area contributed by atoms with Crippen LogP contribution in [0.3, 0.4) is 0 Å². The fourth-order valence-electron chi connectivity index (χ4n) is 3.21. The van der Waals surface area contributed by atoms with Crippen molar-refractivity contribution in [3.05, 3.63) is 37.7 Å². The van der Waals surface area contributed by atoms with Crippen LogP contribution in [-0.4, -0.2) is 14.8 Å². The van der Waals surface area contributed by atoms with Gasteiger partial charge >= 0.3 is 0 Å². The summed E-state index contributed by atoms with van der Waals surface area (Å²) in [4.78, 5) is 16.1. The maximum absolute atomic E-state index is 12.6. The first kappa shape index (κ1) is 17.5. The number of hydrogen-bond donors (Lipinski definition) is 1. The first-order valence-electron chi connectivity index (χ1n) is 8.64. The molecule has 0 aromatic carbocycles. The molecule has 0 amide bonds. The van der Waals surface area contributed by atoms with Gasteiger partial charge in [0.1, 0.15) is 0 Å². The van der Waals surface area contributed by atoms with Crippen molar-refractivity contribution in [2.45, 2.75) is 71.8 Å². The summed E-state index contributed by atoms with van der Waals surface area (Å²) in [6, 6.07) is 1.95. The molecular weight excluding hydrogens is 366 g/mol. The van der Waals surface area contributed by atoms with Gasteiger partial charge in [-0.3, -0.25) is 9.48 Å². The van der Waals surface area contributed by atoms with Crippen molar-refractivity contribution in [2.75, 3.05) is 0 Å². The van der Waals surface area contributed by atoms with Crippen molar-refractivity contribution in [1.82, 2.24) is 14.8 Å². The van der Waals surface area contributed by atoms with Gasteiger partial charge in [-0.25, -0.2) is 0 Å². The fraction of sp³-hybridized carbons (Fsp3) is 0.579. The molecule has 1 aliphatic carbocycles. The van der Waals surface area contributed by atoms with Crippen molar-refractivity contribution in [1.29, 1.82) is 0 Å². The van der Waals surface area contributed by atoms with Crippen LogP contribution in [0.5, 0.6) is 0 Å². The van der Waals surface area contributed by atoms with Crippen molar-refractivity contribution in [2.24, 2.45) is 0 Å². The fourth-order valence-corrected chi connectivity index (χ4v) is 4.28. The van der Waals surface area contributed by atoms with Crippen LogP contribution in [0.15, 0.2) is 15.3 Å². The van der Waals surface area contributed by atoms with Crippen LogP contribution in [-0.2, 0) is 5.41 Å². The molecule has 2 aromatic rings. The molecule has 4 nitrogen and oxygen atoms in total. The number of rotatable bonds is 3. The number of hydrogen-bond acceptors (Lipinski definition) is 2. The minimum Gasteiger partial charge on any atom is -0.357 e. The third kappa shape index (κ3) is 2.99. The summed E-state index contributed by atoms with van der Waals surface area (Å²) in [6.07, 6.45) is 2.26. The van der Waals surface area contributed by atoms with E-state index in [9.17, 15) is 4.79 Å². The van der Waals surface area contributed by atoms with Gasteiger partial charge in [-0.05, 0) is 55.5 Å². The van der Waals surface area contributed by atoms with Crippen molar-refractivity contribution >= 4 is 15.9 Å². The smallest absolute Gasteiger partial charge is 0.185 e. The SMILES string of the molecule is Cc1[nH]c(-c2c(Br)c(C(C)(C)C)nn2C(C)C)cc(=O)c1C1CC1. The van der Waals surface area contributed by atoms with Crippen LogP contribution in [0.1, 0.15) is 76.4 Å². The summed E-state index contributed by atoms with van der Waals surface area (Å²) in [7, 11) is 0. The third-order valence-electron chi connectivity index (χ3n) is 4.56. The van der Waals surface area contributed by atoms with E-state index in [1.807, 2.05) is 11.6 Å². The molecule has 0 aliphatic heterocycles. The highest BCUT2D eigenvalue weighted by Crippen LogP contribution is 2.41. The molecule has 130 valence electrons. The number of nitrogens with zero attached hydrogens (tertiary/aromatic N) is 2. The first-order chi connectivity index (χ1) is 11.1. The molecule has 2 heterocycles. The van der Waals surface area contributed by atoms with E-state index in [4.69, 9.17) is 5.10 Å². The van der Waals surface area contributed by atoms with Crippen LogP contribution in [0.4, 0.5) is 0 Å². The summed E-state index contributed by atoms with van der Waals surface area (Å²) in [5.74, 6) is 0.450. The molecule has 0 atom stereocenters. The molecule has 5 heteroatoms. The van der Waals surface area contributed by atoms with E-state index in [1.165, 1.54) is 0 Å². The number of aromatic amines is 1. The van der Waals surface area contributed by atoms with Crippen molar-refractivity contribution < 1.29 is 0 Å². The highest BCUT2D eigenvalue weighted by molar-refractivity contribution is 9.10. The van der Waals surface area contributed by atoms with Gasteiger partial charge in [0, 0.05) is 28.8 Å². The Kier molecular flexibility index (Phi) is 4.27. The number of nitrogens with one attached hydrogen (secondary N) is 1. The molecule has 0 bridgehead atoms. The highest BCUT2D eigenvalue weighted by Gasteiger charge is 2.30. The minimum absolute atomic E-state index is 0.0724. The summed E-state index contributed by atoms with van der Waals surface area (Å²) in [5, 5.41) is 4.83. The number of halogens is 1. The monoisotopic (exact) mass is 391 g/mol. The zero-order valence-electron chi connectivity index (χ0n) is 15.3. The molecule has 1 fully saturated rings. The van der Waals surface area contributed by atoms with E-state index < -0.39 is 0 Å². The van der Waals surface area contributed by atoms with Gasteiger partial charge in [-0.15, -0.1) is 0 Å². The Balaban J connectivity index is 2.22. The molecule has 0 unspecified atom stereocenters. The molecule has 1 saturated carbocycles. The van der Waals surface area contributed by atoms with Crippen LogP contribution in [0.2, 0.25) is 0 Å². The minimum atomic E-state index is -0.0724. The molecule has 0 saturated heterocycles. The van der Waals surface area contributed by atoms with Gasteiger partial charge in [-0.1, -0.05) is 20.8 Å². The standard InChI is InChI=1S/C19H26BrN3O/c1-10(2)23-17(16(20)18(22-23)19(4,5)6)13-9-14(24)15(11(3)21-13)12-7-8-12/h9-10,12H,7-8H2,1-6H3,(H,21,24). The Bertz CT molecular complexity index is 836. The Hall–Kier alpha value is -1.36. The van der Waals surface area contributed by atoms with Crippen LogP contribution in [0, 0.1) is 6.92 Å². The first-order valence-corrected chi connectivity index (χ1v) is 9.43. The predicted octanol–water partition coefficient (Wildman–Crippen LogP) is 5.07. The van der Waals surface area contributed by atoms with E-state index in [1.54, 1.807) is 6.07 Å². The molecule has 1 N–H and O–H groups in total. The molecule has 3 rings (SSSR count). The normalized spacial score (nSPS) is 15.3. The molecule has 2 aromatic heterocycles. The highest BCUT2D eigenvalue weighted by atomic mass is 79.9. The zero-order valence-corrected chi connectivity index (χ0v) is 16.9. The third-order valence-corrected chi connectivity index (χ3v) is 5.31. The van der Waals surface area contributed by atoms with Crippen LogP contribution < -0.4 is 5.43 Å². The number of pyridine rings is 1. The Labute approximate surface area is 151 Å². The largest absolute Gasteiger partial charge is 0.357 e. The summed E-state index contributed by atoms with van der Waals surface area (Å²) in [6.45, 7) is 12.7. The number of aromatic nitrogens is 3. The number of aryl methyl sites for hydroxylation is 1. The second-order valence-corrected chi connectivity index (χ2v) is 8.95. The maximum Gasteiger partial charge on any atom is 0.185 e. The van der Waals surface area contributed by atoms with Gasteiger partial charge in [-0.2, -0.15) is 5.10 Å². The van der Waals surface area contributed by atoms with E-state index in [0.29, 0.717) is 5.92 Å². The molecule has 0 radical (unpaired) electrons. The van der Waals surface area contributed by atoms with Crippen LogP contribution >= 0.6 is 15.9 Å². The Morgan fingerprint density at radius 2 is 1.96 bits per heavy atom. The second-order valence-electron chi connectivity index (χ2n) is 8.16. The Morgan fingerprint density at radius 3 is 2.42 bits per heavy atom. The lowest BCUT2D eigenvalue weighted by molar-refractivity contribution is 0.497. The maximum atomic E-state index is 12.6. The molecule has 1 aliphatic rings. The van der Waals surface area contributed by atoms with E-state index >= 15 is 0 Å². The van der Waals surface area contributed by atoms with Crippen LogP contribution in [0.25, 0.3) is 11.4 Å². The van der Waals surface area contributed by atoms with Crippen molar-refractivity contribution in [3.63, 3.8) is 0 Å². The molecule has 24 heavy (non-hydrogen) atoms. The lowest BCUT2D eigenvalue weighted by atomic mass is 9.92. The zero-order chi connectivity index (χ0) is 17.8. The van der Waals surface area contributed by atoms with E-state index in [2.05, 4.69) is 55.5 Å². The van der Waals surface area contributed by atoms with E-state index in [0.717, 1.165) is 45.7 Å².